The maximum atomic E-state index is 13.0. The molecule has 3 rings (SSSR count). The molecule has 1 aliphatic carbocycles. The summed E-state index contributed by atoms with van der Waals surface area (Å²) in [7, 11) is -1.18. The van der Waals surface area contributed by atoms with Crippen LogP contribution in [0, 0.1) is 18.3 Å². The van der Waals surface area contributed by atoms with Gasteiger partial charge in [0.15, 0.2) is 11.0 Å². The Kier molecular flexibility index (Phi) is 4.60. The third-order valence-electron chi connectivity index (χ3n) is 3.77. The van der Waals surface area contributed by atoms with Crippen LogP contribution in [0.3, 0.4) is 0 Å². The van der Waals surface area contributed by atoms with Crippen LogP contribution in [0.4, 0.5) is 5.69 Å². The lowest BCUT2D eigenvalue weighted by Crippen LogP contribution is -2.28. The molecule has 1 aliphatic rings. The maximum absolute atomic E-state index is 13.0. The van der Waals surface area contributed by atoms with Crippen LogP contribution in [0.5, 0.6) is 0 Å². The Bertz CT molecular complexity index is 701. The van der Waals surface area contributed by atoms with Gasteiger partial charge in [0, 0.05) is 18.7 Å². The summed E-state index contributed by atoms with van der Waals surface area (Å²) in [6.45, 7) is 0.834. The first-order valence-electron chi connectivity index (χ1n) is 7.55. The van der Waals surface area contributed by atoms with Gasteiger partial charge in [0.1, 0.15) is 0 Å². The van der Waals surface area contributed by atoms with Gasteiger partial charge in [-0.15, -0.1) is 12.3 Å². The highest BCUT2D eigenvalue weighted by molar-refractivity contribution is 7.86. The van der Waals surface area contributed by atoms with Gasteiger partial charge in [-0.2, -0.15) is 0 Å². The number of hydrogen-bond acceptors (Lipinski definition) is 1. The van der Waals surface area contributed by atoms with E-state index in [4.69, 9.17) is 6.42 Å². The third-order valence-corrected chi connectivity index (χ3v) is 5.21. The van der Waals surface area contributed by atoms with Crippen LogP contribution >= 0.6 is 0 Å². The SMILES string of the molecule is C#CCc1cccc(N(CC2CC2)S(=O)c2ccccc2)c1. The van der Waals surface area contributed by atoms with E-state index in [1.165, 1.54) is 12.8 Å². The second-order valence-corrected chi connectivity index (χ2v) is 7.03. The minimum atomic E-state index is -1.18. The third kappa shape index (κ3) is 3.58. The van der Waals surface area contributed by atoms with Gasteiger partial charge >= 0.3 is 0 Å². The summed E-state index contributed by atoms with van der Waals surface area (Å²) in [5.74, 6) is 3.33. The Morgan fingerprint density at radius 2 is 1.91 bits per heavy atom. The Labute approximate surface area is 134 Å². The molecule has 22 heavy (non-hydrogen) atoms. The summed E-state index contributed by atoms with van der Waals surface area (Å²) in [6, 6.07) is 17.7. The Balaban J connectivity index is 1.91. The van der Waals surface area contributed by atoms with E-state index in [2.05, 4.69) is 12.0 Å². The van der Waals surface area contributed by atoms with E-state index in [-0.39, 0.29) is 0 Å². The average molecular weight is 309 g/mol. The van der Waals surface area contributed by atoms with Crippen molar-refractivity contribution in [2.24, 2.45) is 5.92 Å². The van der Waals surface area contributed by atoms with Crippen LogP contribution in [-0.2, 0) is 17.4 Å². The van der Waals surface area contributed by atoms with Crippen molar-refractivity contribution in [3.05, 3.63) is 60.2 Å². The highest BCUT2D eigenvalue weighted by Gasteiger charge is 2.27. The van der Waals surface area contributed by atoms with Crippen molar-refractivity contribution in [1.82, 2.24) is 0 Å². The predicted molar refractivity (Wildman–Crippen MR) is 91.9 cm³/mol. The van der Waals surface area contributed by atoms with Gasteiger partial charge in [-0.1, -0.05) is 30.3 Å². The molecule has 2 aromatic rings. The number of nitrogens with zero attached hydrogens (tertiary/aromatic N) is 1. The molecule has 0 N–H and O–H groups in total. The Hall–Kier alpha value is -2.05. The fourth-order valence-corrected chi connectivity index (χ4v) is 3.70. The molecule has 1 fully saturated rings. The zero-order valence-corrected chi connectivity index (χ0v) is 13.3. The molecule has 0 saturated heterocycles. The monoisotopic (exact) mass is 309 g/mol. The summed E-state index contributed by atoms with van der Waals surface area (Å²) in [5.41, 5.74) is 2.08. The molecule has 0 radical (unpaired) electrons. The largest absolute Gasteiger partial charge is 0.287 e. The number of benzene rings is 2. The summed E-state index contributed by atoms with van der Waals surface area (Å²) >= 11 is 0. The number of anilines is 1. The van der Waals surface area contributed by atoms with Gasteiger partial charge in [-0.25, -0.2) is 4.21 Å². The van der Waals surface area contributed by atoms with Gasteiger partial charge in [-0.3, -0.25) is 4.31 Å². The van der Waals surface area contributed by atoms with Crippen LogP contribution in [0.25, 0.3) is 0 Å². The van der Waals surface area contributed by atoms with Gasteiger partial charge in [0.25, 0.3) is 0 Å². The van der Waals surface area contributed by atoms with Crippen LogP contribution in [0.2, 0.25) is 0 Å². The molecular weight excluding hydrogens is 290 g/mol. The quantitative estimate of drug-likeness (QED) is 0.743. The first-order valence-corrected chi connectivity index (χ1v) is 8.65. The zero-order chi connectivity index (χ0) is 15.4. The summed E-state index contributed by atoms with van der Waals surface area (Å²) in [6.07, 6.45) is 8.46. The molecule has 0 aromatic heterocycles. The molecule has 1 unspecified atom stereocenters. The topological polar surface area (TPSA) is 20.3 Å². The van der Waals surface area contributed by atoms with Gasteiger partial charge in [0.2, 0.25) is 0 Å². The molecule has 112 valence electrons. The highest BCUT2D eigenvalue weighted by Crippen LogP contribution is 2.33. The van der Waals surface area contributed by atoms with Crippen molar-refractivity contribution in [3.63, 3.8) is 0 Å². The first-order chi connectivity index (χ1) is 10.8. The normalized spacial score (nSPS) is 15.0. The van der Waals surface area contributed by atoms with E-state index in [1.54, 1.807) is 0 Å². The molecule has 2 nitrogen and oxygen atoms in total. The standard InChI is InChI=1S/C19H19NOS/c1-2-7-16-8-6-9-18(14-16)20(15-17-12-13-17)22(21)19-10-4-3-5-11-19/h1,3-6,8-11,14,17H,7,12-13,15H2. The van der Waals surface area contributed by atoms with Crippen molar-refractivity contribution in [2.75, 3.05) is 10.8 Å². The molecule has 1 atom stereocenters. The molecular formula is C19H19NOS. The van der Waals surface area contributed by atoms with Crippen LogP contribution in [0.1, 0.15) is 18.4 Å². The second-order valence-electron chi connectivity index (χ2n) is 5.62. The van der Waals surface area contributed by atoms with Crippen molar-refractivity contribution in [1.29, 1.82) is 0 Å². The van der Waals surface area contributed by atoms with E-state index in [9.17, 15) is 4.21 Å². The van der Waals surface area contributed by atoms with Crippen LogP contribution in [0.15, 0.2) is 59.5 Å². The van der Waals surface area contributed by atoms with Crippen LogP contribution < -0.4 is 4.31 Å². The first kappa shape index (κ1) is 14.9. The second kappa shape index (κ2) is 6.81. The van der Waals surface area contributed by atoms with E-state index >= 15 is 0 Å². The minimum Gasteiger partial charge on any atom is -0.287 e. The van der Waals surface area contributed by atoms with Crippen molar-refractivity contribution < 1.29 is 4.21 Å². The molecule has 0 aliphatic heterocycles. The molecule has 0 heterocycles. The van der Waals surface area contributed by atoms with E-state index in [0.29, 0.717) is 12.3 Å². The number of hydrogen-bond donors (Lipinski definition) is 0. The average Bonchev–Trinajstić information content (AvgIpc) is 3.38. The lowest BCUT2D eigenvalue weighted by Gasteiger charge is -2.24. The number of terminal acetylenes is 1. The summed E-state index contributed by atoms with van der Waals surface area (Å²) in [5, 5.41) is 0. The fraction of sp³-hybridized carbons (Fsp3) is 0.263. The fourth-order valence-electron chi connectivity index (χ4n) is 2.41. The van der Waals surface area contributed by atoms with Gasteiger partial charge in [-0.05, 0) is 48.6 Å². The van der Waals surface area contributed by atoms with Gasteiger partial charge in [0.05, 0.1) is 4.90 Å². The Morgan fingerprint density at radius 3 is 2.59 bits per heavy atom. The van der Waals surface area contributed by atoms with Crippen molar-refractivity contribution in [3.8, 4) is 12.3 Å². The predicted octanol–water partition coefficient (Wildman–Crippen LogP) is 3.80. The molecule has 0 amide bonds. The smallest absolute Gasteiger partial charge is 0.152 e. The lowest BCUT2D eigenvalue weighted by atomic mass is 10.1. The number of rotatable bonds is 6. The molecule has 3 heteroatoms. The van der Waals surface area contributed by atoms with Crippen molar-refractivity contribution in [2.45, 2.75) is 24.2 Å². The molecule has 0 bridgehead atoms. The Morgan fingerprint density at radius 1 is 1.14 bits per heavy atom. The zero-order valence-electron chi connectivity index (χ0n) is 12.4. The van der Waals surface area contributed by atoms with Gasteiger partial charge < -0.3 is 0 Å². The molecule has 0 spiro atoms. The minimum absolute atomic E-state index is 0.600. The van der Waals surface area contributed by atoms with Crippen molar-refractivity contribution >= 4 is 16.7 Å². The van der Waals surface area contributed by atoms with E-state index in [1.807, 2.05) is 52.8 Å². The summed E-state index contributed by atoms with van der Waals surface area (Å²) in [4.78, 5) is 0.838. The van der Waals surface area contributed by atoms with E-state index in [0.717, 1.165) is 22.7 Å². The van der Waals surface area contributed by atoms with E-state index < -0.39 is 11.0 Å². The highest BCUT2D eigenvalue weighted by atomic mass is 32.2. The molecule has 1 saturated carbocycles. The maximum Gasteiger partial charge on any atom is 0.152 e. The summed E-state index contributed by atoms with van der Waals surface area (Å²) < 4.78 is 15.0. The van der Waals surface area contributed by atoms with Crippen LogP contribution in [-0.4, -0.2) is 10.8 Å². The lowest BCUT2D eigenvalue weighted by molar-refractivity contribution is 0.675. The molecule has 2 aromatic carbocycles.